The molecule has 7 heteroatoms. The van der Waals surface area contributed by atoms with Crippen LogP contribution >= 0.6 is 0 Å². The van der Waals surface area contributed by atoms with Crippen molar-refractivity contribution in [3.63, 3.8) is 0 Å². The van der Waals surface area contributed by atoms with Gasteiger partial charge in [0.15, 0.2) is 0 Å². The monoisotopic (exact) mass is 385 g/mol. The fourth-order valence-electron chi connectivity index (χ4n) is 2.81. The number of hydrogen-bond donors (Lipinski definition) is 1. The average Bonchev–Trinajstić information content (AvgIpc) is 2.91. The molecule has 0 fully saturated rings. The predicted octanol–water partition coefficient (Wildman–Crippen LogP) is 3.67. The molecule has 0 radical (unpaired) electrons. The number of rotatable bonds is 6. The van der Waals surface area contributed by atoms with Gasteiger partial charge in [0, 0.05) is 0 Å². The number of nitrogens with one attached hydrogen (secondary N) is 1. The van der Waals surface area contributed by atoms with Gasteiger partial charge >= 0.3 is 0 Å². The summed E-state index contributed by atoms with van der Waals surface area (Å²) >= 11 is 0. The van der Waals surface area contributed by atoms with E-state index in [2.05, 4.69) is 9.82 Å². The van der Waals surface area contributed by atoms with Crippen molar-refractivity contribution in [2.45, 2.75) is 32.2 Å². The molecule has 0 unspecified atom stereocenters. The molecule has 0 saturated heterocycles. The van der Waals surface area contributed by atoms with Gasteiger partial charge in [0.05, 0.1) is 35.6 Å². The summed E-state index contributed by atoms with van der Waals surface area (Å²) in [6.07, 6.45) is 0. The van der Waals surface area contributed by atoms with Crippen molar-refractivity contribution in [2.75, 3.05) is 11.8 Å². The molecule has 0 spiro atoms. The number of nitrogens with zero attached hydrogens (tertiary/aromatic N) is 2. The van der Waals surface area contributed by atoms with Crippen molar-refractivity contribution in [1.29, 1.82) is 0 Å². The molecule has 6 nitrogen and oxygen atoms in total. The van der Waals surface area contributed by atoms with Crippen LogP contribution in [0, 0.1) is 20.8 Å². The van der Waals surface area contributed by atoms with Crippen molar-refractivity contribution in [3.05, 3.63) is 71.0 Å². The van der Waals surface area contributed by atoms with Crippen molar-refractivity contribution < 1.29 is 13.2 Å². The smallest absolute Gasteiger partial charge is 0.262 e. The van der Waals surface area contributed by atoms with Crippen LogP contribution in [-0.2, 0) is 16.6 Å². The van der Waals surface area contributed by atoms with E-state index in [1.54, 1.807) is 19.1 Å². The second-order valence-electron chi connectivity index (χ2n) is 6.47. The zero-order valence-corrected chi connectivity index (χ0v) is 16.7. The van der Waals surface area contributed by atoms with Gasteiger partial charge in [-0.05, 0) is 50.6 Å². The number of aryl methyl sites for hydroxylation is 2. The van der Waals surface area contributed by atoms with Gasteiger partial charge in [0.1, 0.15) is 5.75 Å². The Labute approximate surface area is 159 Å². The number of aromatic nitrogens is 2. The molecule has 0 aliphatic carbocycles. The second kappa shape index (κ2) is 7.44. The molecule has 3 aromatic rings. The Kier molecular flexibility index (Phi) is 5.23. The quantitative estimate of drug-likeness (QED) is 0.703. The summed E-state index contributed by atoms with van der Waals surface area (Å²) in [6.45, 7) is 6.28. The Morgan fingerprint density at radius 2 is 1.63 bits per heavy atom. The molecule has 1 aromatic heterocycles. The van der Waals surface area contributed by atoms with Crippen LogP contribution in [0.5, 0.6) is 5.75 Å². The maximum atomic E-state index is 12.7. The van der Waals surface area contributed by atoms with Gasteiger partial charge in [-0.2, -0.15) is 5.10 Å². The van der Waals surface area contributed by atoms with Crippen molar-refractivity contribution >= 4 is 15.7 Å². The van der Waals surface area contributed by atoms with Gasteiger partial charge in [-0.15, -0.1) is 0 Å². The standard InChI is InChI=1S/C20H23N3O3S/c1-14-5-7-17(8-6-14)13-23-16(3)20(15(2)21-23)22-27(24,25)19-11-9-18(26-4)10-12-19/h5-12,22H,13H2,1-4H3. The average molecular weight is 385 g/mol. The number of benzene rings is 2. The van der Waals surface area contributed by atoms with Gasteiger partial charge in [0.25, 0.3) is 10.0 Å². The zero-order chi connectivity index (χ0) is 19.6. The number of anilines is 1. The Hall–Kier alpha value is -2.80. The zero-order valence-electron chi connectivity index (χ0n) is 15.9. The molecule has 0 bridgehead atoms. The van der Waals surface area contributed by atoms with Crippen LogP contribution in [0.25, 0.3) is 0 Å². The minimum absolute atomic E-state index is 0.174. The van der Waals surface area contributed by atoms with Crippen LogP contribution in [0.4, 0.5) is 5.69 Å². The second-order valence-corrected chi connectivity index (χ2v) is 8.15. The summed E-state index contributed by atoms with van der Waals surface area (Å²) in [7, 11) is -2.17. The van der Waals surface area contributed by atoms with E-state index in [1.165, 1.54) is 24.8 Å². The Bertz CT molecular complexity index is 1040. The fourth-order valence-corrected chi connectivity index (χ4v) is 3.99. The summed E-state index contributed by atoms with van der Waals surface area (Å²) < 4.78 is 35.0. The molecule has 0 atom stereocenters. The Morgan fingerprint density at radius 1 is 1.00 bits per heavy atom. The molecule has 2 aromatic carbocycles. The molecule has 1 heterocycles. The highest BCUT2D eigenvalue weighted by atomic mass is 32.2. The third-order valence-electron chi connectivity index (χ3n) is 4.44. The molecule has 27 heavy (non-hydrogen) atoms. The van der Waals surface area contributed by atoms with Crippen LogP contribution in [-0.4, -0.2) is 25.3 Å². The molecule has 0 amide bonds. The summed E-state index contributed by atoms with van der Waals surface area (Å²) in [6, 6.07) is 14.5. The van der Waals surface area contributed by atoms with Crippen molar-refractivity contribution in [2.24, 2.45) is 0 Å². The van der Waals surface area contributed by atoms with Crippen LogP contribution < -0.4 is 9.46 Å². The topological polar surface area (TPSA) is 73.2 Å². The normalized spacial score (nSPS) is 11.4. The third-order valence-corrected chi connectivity index (χ3v) is 5.81. The first-order valence-electron chi connectivity index (χ1n) is 8.56. The van der Waals surface area contributed by atoms with Gasteiger partial charge in [0.2, 0.25) is 0 Å². The lowest BCUT2D eigenvalue weighted by atomic mass is 10.1. The Morgan fingerprint density at radius 3 is 2.22 bits per heavy atom. The molecular formula is C20H23N3O3S. The van der Waals surface area contributed by atoms with E-state index in [-0.39, 0.29) is 4.90 Å². The summed E-state index contributed by atoms with van der Waals surface area (Å²) in [4.78, 5) is 0.174. The molecule has 1 N–H and O–H groups in total. The van der Waals surface area contributed by atoms with E-state index in [1.807, 2.05) is 42.8 Å². The molecule has 0 aliphatic rings. The number of methoxy groups -OCH3 is 1. The van der Waals surface area contributed by atoms with E-state index in [0.717, 1.165) is 11.3 Å². The summed E-state index contributed by atoms with van der Waals surface area (Å²) in [5.41, 5.74) is 4.22. The van der Waals surface area contributed by atoms with Gasteiger partial charge < -0.3 is 4.74 Å². The summed E-state index contributed by atoms with van der Waals surface area (Å²) in [5, 5.41) is 4.50. The Balaban J connectivity index is 1.86. The predicted molar refractivity (Wildman–Crippen MR) is 106 cm³/mol. The lowest BCUT2D eigenvalue weighted by molar-refractivity contribution is 0.414. The van der Waals surface area contributed by atoms with Crippen LogP contribution in [0.2, 0.25) is 0 Å². The first kappa shape index (κ1) is 19.0. The molecule has 0 aliphatic heterocycles. The number of ether oxygens (including phenoxy) is 1. The summed E-state index contributed by atoms with van der Waals surface area (Å²) in [5.74, 6) is 0.604. The van der Waals surface area contributed by atoms with Crippen LogP contribution in [0.1, 0.15) is 22.5 Å². The van der Waals surface area contributed by atoms with Crippen LogP contribution in [0.3, 0.4) is 0 Å². The minimum Gasteiger partial charge on any atom is -0.497 e. The highest BCUT2D eigenvalue weighted by Crippen LogP contribution is 2.25. The number of hydrogen-bond acceptors (Lipinski definition) is 4. The molecule has 3 rings (SSSR count). The van der Waals surface area contributed by atoms with Gasteiger partial charge in [-0.25, -0.2) is 8.42 Å². The third kappa shape index (κ3) is 4.14. The van der Waals surface area contributed by atoms with E-state index in [4.69, 9.17) is 4.74 Å². The van der Waals surface area contributed by atoms with Crippen LogP contribution in [0.15, 0.2) is 53.4 Å². The fraction of sp³-hybridized carbons (Fsp3) is 0.250. The number of sulfonamides is 1. The maximum Gasteiger partial charge on any atom is 0.262 e. The van der Waals surface area contributed by atoms with E-state index in [0.29, 0.717) is 23.7 Å². The van der Waals surface area contributed by atoms with Crippen molar-refractivity contribution in [3.8, 4) is 5.75 Å². The molecule has 142 valence electrons. The van der Waals surface area contributed by atoms with Crippen molar-refractivity contribution in [1.82, 2.24) is 9.78 Å². The van der Waals surface area contributed by atoms with Gasteiger partial charge in [-0.1, -0.05) is 29.8 Å². The minimum atomic E-state index is -3.71. The molecular weight excluding hydrogens is 362 g/mol. The first-order chi connectivity index (χ1) is 12.8. The lowest BCUT2D eigenvalue weighted by Crippen LogP contribution is -2.14. The lowest BCUT2D eigenvalue weighted by Gasteiger charge is -2.10. The van der Waals surface area contributed by atoms with Gasteiger partial charge in [-0.3, -0.25) is 9.40 Å². The van der Waals surface area contributed by atoms with E-state index >= 15 is 0 Å². The van der Waals surface area contributed by atoms with E-state index in [9.17, 15) is 8.42 Å². The maximum absolute atomic E-state index is 12.7. The first-order valence-corrected chi connectivity index (χ1v) is 10.0. The van der Waals surface area contributed by atoms with E-state index < -0.39 is 10.0 Å². The highest BCUT2D eigenvalue weighted by Gasteiger charge is 2.20. The molecule has 0 saturated carbocycles. The highest BCUT2D eigenvalue weighted by molar-refractivity contribution is 7.92. The SMILES string of the molecule is COc1ccc(S(=O)(=O)Nc2c(C)nn(Cc3ccc(C)cc3)c2C)cc1. The largest absolute Gasteiger partial charge is 0.497 e.